The largest absolute Gasteiger partial charge is 0.388 e. The second-order valence-electron chi connectivity index (χ2n) is 2.96. The molecule has 2 rings (SSSR count). The second kappa shape index (κ2) is 4.67. The number of nitrogens with two attached hydrogens (primary N) is 1. The molecule has 0 fully saturated rings. The number of nitrogens with one attached hydrogen (secondary N) is 1. The van der Waals surface area contributed by atoms with E-state index in [0.717, 1.165) is 5.69 Å². The number of thiocarbonyl (C=S) groups is 1. The summed E-state index contributed by atoms with van der Waals surface area (Å²) in [5, 5.41) is 6.79. The van der Waals surface area contributed by atoms with Crippen LogP contribution in [-0.2, 0) is 6.54 Å². The number of hydrogen-bond acceptors (Lipinski definition) is 6. The summed E-state index contributed by atoms with van der Waals surface area (Å²) in [4.78, 5) is 8.35. The first-order valence-corrected chi connectivity index (χ1v) is 4.92. The third-order valence-corrected chi connectivity index (χ3v) is 2.05. The fraction of sp³-hybridized carbons (Fsp3) is 0.111. The van der Waals surface area contributed by atoms with E-state index in [4.69, 9.17) is 22.5 Å². The Bertz CT molecular complexity index is 484. The van der Waals surface area contributed by atoms with Crippen molar-refractivity contribution in [1.82, 2.24) is 15.1 Å². The molecule has 16 heavy (non-hydrogen) atoms. The van der Waals surface area contributed by atoms with Crippen molar-refractivity contribution < 1.29 is 4.52 Å². The van der Waals surface area contributed by atoms with Gasteiger partial charge in [0.05, 0.1) is 6.54 Å². The van der Waals surface area contributed by atoms with Crippen molar-refractivity contribution in [3.05, 3.63) is 36.1 Å². The molecule has 2 aromatic heterocycles. The second-order valence-corrected chi connectivity index (χ2v) is 3.40. The monoisotopic (exact) mass is 235 g/mol. The van der Waals surface area contributed by atoms with Crippen LogP contribution in [0.3, 0.4) is 0 Å². The summed E-state index contributed by atoms with van der Waals surface area (Å²) in [6.45, 7) is 0.477. The average molecular weight is 235 g/mol. The maximum absolute atomic E-state index is 5.52. The summed E-state index contributed by atoms with van der Waals surface area (Å²) in [5.41, 5.74) is 6.75. The highest BCUT2D eigenvalue weighted by atomic mass is 32.1. The van der Waals surface area contributed by atoms with Crippen LogP contribution in [0.5, 0.6) is 0 Å². The van der Waals surface area contributed by atoms with Gasteiger partial charge in [0.1, 0.15) is 22.6 Å². The molecule has 2 heterocycles. The van der Waals surface area contributed by atoms with Crippen molar-refractivity contribution in [3.8, 4) is 0 Å². The van der Waals surface area contributed by atoms with E-state index >= 15 is 0 Å². The van der Waals surface area contributed by atoms with Crippen molar-refractivity contribution in [1.29, 1.82) is 0 Å². The number of nitrogens with zero attached hydrogens (tertiary/aromatic N) is 3. The molecule has 6 nitrogen and oxygen atoms in total. The van der Waals surface area contributed by atoms with Gasteiger partial charge in [0, 0.05) is 18.5 Å². The van der Waals surface area contributed by atoms with Crippen LogP contribution in [0.25, 0.3) is 0 Å². The van der Waals surface area contributed by atoms with Gasteiger partial charge < -0.3 is 15.6 Å². The van der Waals surface area contributed by atoms with Gasteiger partial charge >= 0.3 is 0 Å². The third-order valence-electron chi connectivity index (χ3n) is 1.86. The molecule has 0 amide bonds. The number of aromatic nitrogens is 3. The Morgan fingerprint density at radius 2 is 2.25 bits per heavy atom. The normalized spacial score (nSPS) is 10.0. The highest BCUT2D eigenvalue weighted by Gasteiger charge is 2.07. The summed E-state index contributed by atoms with van der Waals surface area (Å²) in [5.74, 6) is 0.540. The van der Waals surface area contributed by atoms with Crippen LogP contribution in [0.2, 0.25) is 0 Å². The zero-order valence-electron chi connectivity index (χ0n) is 8.25. The molecule has 0 radical (unpaired) electrons. The quantitative estimate of drug-likeness (QED) is 0.754. The maximum Gasteiger partial charge on any atom is 0.155 e. The highest BCUT2D eigenvalue weighted by Crippen LogP contribution is 2.09. The van der Waals surface area contributed by atoms with E-state index in [2.05, 4.69) is 20.4 Å². The van der Waals surface area contributed by atoms with Crippen molar-refractivity contribution in [2.24, 2.45) is 5.73 Å². The molecule has 0 atom stereocenters. The Morgan fingerprint density at radius 3 is 2.94 bits per heavy atom. The molecular weight excluding hydrogens is 226 g/mol. The van der Waals surface area contributed by atoms with Crippen LogP contribution >= 0.6 is 12.2 Å². The van der Waals surface area contributed by atoms with Gasteiger partial charge in [-0.25, -0.2) is 9.97 Å². The van der Waals surface area contributed by atoms with E-state index in [-0.39, 0.29) is 4.99 Å². The van der Waals surface area contributed by atoms with Crippen molar-refractivity contribution in [2.75, 3.05) is 5.32 Å². The maximum atomic E-state index is 5.52. The zero-order valence-corrected chi connectivity index (χ0v) is 9.07. The van der Waals surface area contributed by atoms with Gasteiger partial charge in [-0.3, -0.25) is 0 Å². The molecule has 0 aliphatic heterocycles. The molecule has 0 aliphatic rings. The minimum atomic E-state index is 0.204. The lowest BCUT2D eigenvalue weighted by molar-refractivity contribution is 0.412. The predicted octanol–water partition coefficient (Wildman–Crippen LogP) is 0.711. The fourth-order valence-corrected chi connectivity index (χ4v) is 1.30. The van der Waals surface area contributed by atoms with Gasteiger partial charge in [0.15, 0.2) is 5.82 Å². The molecule has 3 N–H and O–H groups in total. The van der Waals surface area contributed by atoms with Gasteiger partial charge in [-0.2, -0.15) is 0 Å². The first-order valence-electron chi connectivity index (χ1n) is 4.51. The van der Waals surface area contributed by atoms with Crippen molar-refractivity contribution in [3.63, 3.8) is 0 Å². The molecule has 0 spiro atoms. The molecule has 0 saturated carbocycles. The minimum absolute atomic E-state index is 0.204. The highest BCUT2D eigenvalue weighted by molar-refractivity contribution is 7.80. The Morgan fingerprint density at radius 1 is 1.44 bits per heavy atom. The summed E-state index contributed by atoms with van der Waals surface area (Å²) in [6.07, 6.45) is 4.60. The summed E-state index contributed by atoms with van der Waals surface area (Å²) < 4.78 is 4.70. The minimum Gasteiger partial charge on any atom is -0.388 e. The van der Waals surface area contributed by atoms with Crippen LogP contribution in [0, 0.1) is 0 Å². The van der Waals surface area contributed by atoms with E-state index in [1.807, 2.05) is 0 Å². The number of rotatable bonds is 4. The predicted molar refractivity (Wildman–Crippen MR) is 61.7 cm³/mol. The van der Waals surface area contributed by atoms with E-state index in [0.29, 0.717) is 18.1 Å². The van der Waals surface area contributed by atoms with Crippen LogP contribution in [0.15, 0.2) is 29.2 Å². The first-order chi connectivity index (χ1) is 7.77. The lowest BCUT2D eigenvalue weighted by atomic mass is 10.3. The average Bonchev–Trinajstić information content (AvgIpc) is 2.79. The molecule has 0 aromatic carbocycles. The molecule has 0 saturated heterocycles. The summed E-state index contributed by atoms with van der Waals surface area (Å²) >= 11 is 4.86. The number of hydrogen-bond donors (Lipinski definition) is 2. The van der Waals surface area contributed by atoms with Gasteiger partial charge in [-0.05, 0) is 0 Å². The van der Waals surface area contributed by atoms with Gasteiger partial charge in [-0.1, -0.05) is 17.4 Å². The van der Waals surface area contributed by atoms with Crippen LogP contribution < -0.4 is 11.1 Å². The Labute approximate surface area is 96.9 Å². The lowest BCUT2D eigenvalue weighted by Crippen LogP contribution is -2.16. The molecule has 0 aliphatic carbocycles. The Kier molecular flexibility index (Phi) is 3.06. The molecule has 2 aromatic rings. The van der Waals surface area contributed by atoms with E-state index in [1.165, 1.54) is 12.5 Å². The molecule has 7 heteroatoms. The topological polar surface area (TPSA) is 89.9 Å². The molecule has 0 unspecified atom stereocenters. The van der Waals surface area contributed by atoms with E-state index < -0.39 is 0 Å². The smallest absolute Gasteiger partial charge is 0.155 e. The molecular formula is C9H9N5OS. The third kappa shape index (κ3) is 2.31. The molecule has 82 valence electrons. The van der Waals surface area contributed by atoms with Crippen LogP contribution in [0.1, 0.15) is 11.4 Å². The Hall–Kier alpha value is -2.02. The fourth-order valence-electron chi connectivity index (χ4n) is 1.15. The van der Waals surface area contributed by atoms with Crippen molar-refractivity contribution in [2.45, 2.75) is 6.54 Å². The van der Waals surface area contributed by atoms with Crippen molar-refractivity contribution >= 4 is 23.0 Å². The number of anilines is 1. The van der Waals surface area contributed by atoms with Gasteiger partial charge in [0.2, 0.25) is 0 Å². The lowest BCUT2D eigenvalue weighted by Gasteiger charge is -2.06. The summed E-state index contributed by atoms with van der Waals surface area (Å²) in [6, 6.07) is 1.75. The summed E-state index contributed by atoms with van der Waals surface area (Å²) in [7, 11) is 0. The van der Waals surface area contributed by atoms with E-state index in [9.17, 15) is 0 Å². The first kappa shape index (κ1) is 10.5. The van der Waals surface area contributed by atoms with Crippen LogP contribution in [-0.4, -0.2) is 20.1 Å². The standard InChI is InChI=1S/C9H9N5OS/c10-8(16)7-9(12-3-2-11-7)13-5-6-1-4-15-14-6/h1-4H,5H2,(H2,10,16)(H,12,13). The molecule has 0 bridgehead atoms. The van der Waals surface area contributed by atoms with Crippen LogP contribution in [0.4, 0.5) is 5.82 Å². The zero-order chi connectivity index (χ0) is 11.4. The van der Waals surface area contributed by atoms with Gasteiger partial charge in [-0.15, -0.1) is 0 Å². The van der Waals surface area contributed by atoms with Gasteiger partial charge in [0.25, 0.3) is 0 Å². The SMILES string of the molecule is NC(=S)c1nccnc1NCc1ccon1. The van der Waals surface area contributed by atoms with E-state index in [1.54, 1.807) is 12.3 Å². The Balaban J connectivity index is 2.12.